The van der Waals surface area contributed by atoms with E-state index in [4.69, 9.17) is 4.74 Å². The summed E-state index contributed by atoms with van der Waals surface area (Å²) in [4.78, 5) is 15.2. The monoisotopic (exact) mass is 388 g/mol. The fourth-order valence-corrected chi connectivity index (χ4v) is 3.65. The van der Waals surface area contributed by atoms with E-state index >= 15 is 0 Å². The molecule has 0 bridgehead atoms. The molecule has 1 aliphatic heterocycles. The van der Waals surface area contributed by atoms with E-state index in [1.165, 1.54) is 16.9 Å². The zero-order valence-corrected chi connectivity index (χ0v) is 16.8. The number of hydrogen-bond donors (Lipinski definition) is 1. The highest BCUT2D eigenvalue weighted by atomic mass is 19.1. The lowest BCUT2D eigenvalue weighted by Gasteiger charge is -2.35. The first-order valence-corrected chi connectivity index (χ1v) is 9.87. The minimum atomic E-state index is -0.370. The summed E-state index contributed by atoms with van der Waals surface area (Å²) >= 11 is 0. The first kappa shape index (κ1) is 20.5. The molecule has 6 nitrogen and oxygen atoms in total. The molecule has 1 fully saturated rings. The van der Waals surface area contributed by atoms with Crippen molar-refractivity contribution in [1.29, 1.82) is 0 Å². The van der Waals surface area contributed by atoms with Crippen LogP contribution in [0.25, 0.3) is 5.69 Å². The quantitative estimate of drug-likeness (QED) is 0.792. The second kappa shape index (κ2) is 9.30. The first-order chi connectivity index (χ1) is 13.5. The molecule has 2 heterocycles. The van der Waals surface area contributed by atoms with E-state index in [2.05, 4.69) is 29.2 Å². The summed E-state index contributed by atoms with van der Waals surface area (Å²) < 4.78 is 21.0. The minimum Gasteiger partial charge on any atom is -0.379 e. The van der Waals surface area contributed by atoms with Crippen LogP contribution in [0, 0.1) is 18.7 Å². The fraction of sp³-hybridized carbons (Fsp3) is 0.524. The molecule has 1 N–H and O–H groups in total. The lowest BCUT2D eigenvalue weighted by Crippen LogP contribution is -2.49. The van der Waals surface area contributed by atoms with Gasteiger partial charge in [-0.3, -0.25) is 9.69 Å². The van der Waals surface area contributed by atoms with Crippen molar-refractivity contribution in [2.75, 3.05) is 32.8 Å². The van der Waals surface area contributed by atoms with E-state index in [1.54, 1.807) is 25.1 Å². The van der Waals surface area contributed by atoms with E-state index < -0.39 is 0 Å². The van der Waals surface area contributed by atoms with Gasteiger partial charge in [-0.1, -0.05) is 26.0 Å². The highest BCUT2D eigenvalue weighted by molar-refractivity contribution is 5.95. The Morgan fingerprint density at radius 2 is 2.00 bits per heavy atom. The first-order valence-electron chi connectivity index (χ1n) is 9.87. The molecule has 3 rings (SSSR count). The summed E-state index contributed by atoms with van der Waals surface area (Å²) in [5.74, 6) is -0.0117. The number of morpholine rings is 1. The van der Waals surface area contributed by atoms with Crippen LogP contribution in [0.3, 0.4) is 0 Å². The highest BCUT2D eigenvalue weighted by Gasteiger charge is 2.23. The Hall–Kier alpha value is -2.25. The van der Waals surface area contributed by atoms with Crippen LogP contribution in [0.15, 0.2) is 30.5 Å². The summed E-state index contributed by atoms with van der Waals surface area (Å²) in [6.45, 7) is 9.97. The highest BCUT2D eigenvalue weighted by Crippen LogP contribution is 2.18. The number of ether oxygens (including phenoxy) is 1. The molecule has 2 aromatic rings. The van der Waals surface area contributed by atoms with Crippen LogP contribution in [0.2, 0.25) is 0 Å². The molecular formula is C21H29FN4O2. The SMILES string of the molecule is Cc1c(C(=O)NCC(CC(C)C)N2CCOCC2)cnn1-c1ccccc1F. The molecule has 1 aliphatic rings. The average molecular weight is 388 g/mol. The molecule has 1 saturated heterocycles. The third kappa shape index (κ3) is 4.77. The van der Waals surface area contributed by atoms with Gasteiger partial charge in [0.1, 0.15) is 11.5 Å². The van der Waals surface area contributed by atoms with Crippen molar-refractivity contribution in [3.05, 3.63) is 47.5 Å². The Balaban J connectivity index is 1.69. The maximum absolute atomic E-state index is 14.1. The number of benzene rings is 1. The molecule has 0 aliphatic carbocycles. The molecule has 152 valence electrons. The van der Waals surface area contributed by atoms with Crippen molar-refractivity contribution in [1.82, 2.24) is 20.0 Å². The van der Waals surface area contributed by atoms with Crippen molar-refractivity contribution in [3.63, 3.8) is 0 Å². The van der Waals surface area contributed by atoms with Gasteiger partial charge in [0.2, 0.25) is 0 Å². The van der Waals surface area contributed by atoms with Crippen molar-refractivity contribution in [2.24, 2.45) is 5.92 Å². The number of aromatic nitrogens is 2. The molecule has 1 aromatic heterocycles. The lowest BCUT2D eigenvalue weighted by molar-refractivity contribution is 0.0124. The van der Waals surface area contributed by atoms with E-state index in [-0.39, 0.29) is 17.8 Å². The largest absolute Gasteiger partial charge is 0.379 e. The number of nitrogens with one attached hydrogen (secondary N) is 1. The molecule has 1 unspecified atom stereocenters. The zero-order valence-electron chi connectivity index (χ0n) is 16.8. The number of rotatable bonds is 7. The van der Waals surface area contributed by atoms with Crippen molar-refractivity contribution in [3.8, 4) is 5.69 Å². The summed E-state index contributed by atoms with van der Waals surface area (Å²) in [6.07, 6.45) is 2.51. The third-order valence-corrected chi connectivity index (χ3v) is 5.14. The molecule has 0 radical (unpaired) electrons. The Kier molecular flexibility index (Phi) is 6.80. The van der Waals surface area contributed by atoms with Crippen LogP contribution in [-0.4, -0.2) is 59.5 Å². The summed E-state index contributed by atoms with van der Waals surface area (Å²) in [5.41, 5.74) is 1.42. The Morgan fingerprint density at radius 3 is 2.68 bits per heavy atom. The minimum absolute atomic E-state index is 0.179. The number of nitrogens with zero attached hydrogens (tertiary/aromatic N) is 3. The van der Waals surface area contributed by atoms with Gasteiger partial charge in [-0.2, -0.15) is 5.10 Å². The molecular weight excluding hydrogens is 359 g/mol. The van der Waals surface area contributed by atoms with E-state index in [0.717, 1.165) is 32.7 Å². The van der Waals surface area contributed by atoms with Crippen LogP contribution in [0.5, 0.6) is 0 Å². The molecule has 28 heavy (non-hydrogen) atoms. The number of amides is 1. The standard InChI is InChI=1S/C21H29FN4O2/c1-15(2)12-17(25-8-10-28-11-9-25)13-23-21(27)18-14-24-26(16(18)3)20-7-5-4-6-19(20)22/h4-7,14-15,17H,8-13H2,1-3H3,(H,23,27). The van der Waals surface area contributed by atoms with Gasteiger partial charge >= 0.3 is 0 Å². The van der Waals surface area contributed by atoms with E-state index in [1.807, 2.05) is 0 Å². The number of carbonyl (C=O) groups is 1. The molecule has 0 saturated carbocycles. The third-order valence-electron chi connectivity index (χ3n) is 5.14. The van der Waals surface area contributed by atoms with E-state index in [9.17, 15) is 9.18 Å². The fourth-order valence-electron chi connectivity index (χ4n) is 3.65. The normalized spacial score (nSPS) is 16.3. The Morgan fingerprint density at radius 1 is 1.29 bits per heavy atom. The van der Waals surface area contributed by atoms with Gasteiger partial charge in [0.05, 0.1) is 30.7 Å². The van der Waals surface area contributed by atoms with Crippen LogP contribution in [0.1, 0.15) is 36.3 Å². The predicted octanol–water partition coefficient (Wildman–Crippen LogP) is 2.80. The van der Waals surface area contributed by atoms with Crippen LogP contribution >= 0.6 is 0 Å². The van der Waals surface area contributed by atoms with Gasteiger partial charge in [-0.15, -0.1) is 0 Å². The number of hydrogen-bond acceptors (Lipinski definition) is 4. The molecule has 0 spiro atoms. The molecule has 1 amide bonds. The van der Waals surface area contributed by atoms with Gasteiger partial charge in [-0.05, 0) is 31.4 Å². The van der Waals surface area contributed by atoms with Crippen LogP contribution in [0.4, 0.5) is 4.39 Å². The number of carbonyl (C=O) groups excluding carboxylic acids is 1. The van der Waals surface area contributed by atoms with Gasteiger partial charge in [0.25, 0.3) is 5.91 Å². The zero-order chi connectivity index (χ0) is 20.1. The van der Waals surface area contributed by atoms with Gasteiger partial charge in [0.15, 0.2) is 0 Å². The molecule has 1 atom stereocenters. The predicted molar refractivity (Wildman–Crippen MR) is 106 cm³/mol. The van der Waals surface area contributed by atoms with Gasteiger partial charge in [0, 0.05) is 25.7 Å². The Labute approximate surface area is 165 Å². The van der Waals surface area contributed by atoms with Crippen molar-refractivity contribution < 1.29 is 13.9 Å². The summed E-state index contributed by atoms with van der Waals surface area (Å²) in [6, 6.07) is 6.68. The smallest absolute Gasteiger partial charge is 0.254 e. The second-order valence-corrected chi connectivity index (χ2v) is 7.65. The second-order valence-electron chi connectivity index (χ2n) is 7.65. The van der Waals surface area contributed by atoms with Crippen LogP contribution in [-0.2, 0) is 4.74 Å². The lowest BCUT2D eigenvalue weighted by atomic mass is 10.0. The van der Waals surface area contributed by atoms with Crippen molar-refractivity contribution >= 4 is 5.91 Å². The maximum Gasteiger partial charge on any atom is 0.254 e. The number of halogens is 1. The summed E-state index contributed by atoms with van der Waals surface area (Å²) in [5, 5.41) is 7.28. The summed E-state index contributed by atoms with van der Waals surface area (Å²) in [7, 11) is 0. The Bertz CT molecular complexity index is 799. The average Bonchev–Trinajstić information content (AvgIpc) is 3.07. The number of para-hydroxylation sites is 1. The molecule has 1 aromatic carbocycles. The van der Waals surface area contributed by atoms with Crippen molar-refractivity contribution in [2.45, 2.75) is 33.2 Å². The van der Waals surface area contributed by atoms with Gasteiger partial charge in [-0.25, -0.2) is 9.07 Å². The van der Waals surface area contributed by atoms with Crippen LogP contribution < -0.4 is 5.32 Å². The molecule has 7 heteroatoms. The maximum atomic E-state index is 14.1. The topological polar surface area (TPSA) is 59.4 Å². The van der Waals surface area contributed by atoms with E-state index in [0.29, 0.717) is 29.4 Å². The van der Waals surface area contributed by atoms with Gasteiger partial charge < -0.3 is 10.1 Å².